The van der Waals surface area contributed by atoms with Crippen LogP contribution >= 0.6 is 35.0 Å². The van der Waals surface area contributed by atoms with Crippen molar-refractivity contribution in [1.29, 1.82) is 0 Å². The number of imide groups is 1. The fraction of sp³-hybridized carbons (Fsp3) is 0.235. The highest BCUT2D eigenvalue weighted by Crippen LogP contribution is 2.37. The molecule has 9 heteroatoms. The summed E-state index contributed by atoms with van der Waals surface area (Å²) in [5.74, 6) is -0.812. The number of nitrogens with zero attached hydrogens (tertiary/aromatic N) is 1. The average Bonchev–Trinajstić information content (AvgIpc) is 2.82. The third kappa shape index (κ3) is 4.81. The van der Waals surface area contributed by atoms with Crippen LogP contribution in [0.5, 0.6) is 5.75 Å². The van der Waals surface area contributed by atoms with Crippen LogP contribution in [0, 0.1) is 0 Å². The van der Waals surface area contributed by atoms with Crippen molar-refractivity contribution in [2.45, 2.75) is 6.92 Å². The first-order valence-corrected chi connectivity index (χ1v) is 9.08. The molecule has 1 aliphatic rings. The van der Waals surface area contributed by atoms with E-state index in [1.165, 1.54) is 24.3 Å². The maximum absolute atomic E-state index is 12.2. The Bertz CT molecular complexity index is 770. The van der Waals surface area contributed by atoms with E-state index in [9.17, 15) is 14.4 Å². The van der Waals surface area contributed by atoms with Crippen molar-refractivity contribution in [1.82, 2.24) is 4.90 Å². The minimum Gasteiger partial charge on any atom is -0.479 e. The van der Waals surface area contributed by atoms with Gasteiger partial charge in [-0.05, 0) is 42.5 Å². The molecule has 0 radical (unpaired) electrons. The number of amides is 2. The summed E-state index contributed by atoms with van der Waals surface area (Å²) in [5.41, 5.74) is 0.521. The monoisotopic (exact) mass is 415 g/mol. The quantitative estimate of drug-likeness (QED) is 0.378. The van der Waals surface area contributed by atoms with E-state index in [0.717, 1.165) is 16.7 Å². The van der Waals surface area contributed by atoms with E-state index < -0.39 is 11.9 Å². The highest BCUT2D eigenvalue weighted by molar-refractivity contribution is 8.18. The Labute approximate surface area is 164 Å². The average molecular weight is 416 g/mol. The van der Waals surface area contributed by atoms with Crippen molar-refractivity contribution in [3.05, 3.63) is 45.3 Å². The van der Waals surface area contributed by atoms with E-state index in [2.05, 4.69) is 6.58 Å². The molecule has 0 aliphatic carbocycles. The number of benzene rings is 1. The lowest BCUT2D eigenvalue weighted by atomic mass is 10.2. The lowest BCUT2D eigenvalue weighted by Crippen LogP contribution is -2.27. The Morgan fingerprint density at radius 1 is 1.31 bits per heavy atom. The number of hydrogen-bond acceptors (Lipinski definition) is 6. The second-order valence-electron chi connectivity index (χ2n) is 4.99. The maximum atomic E-state index is 12.2. The lowest BCUT2D eigenvalue weighted by molar-refractivity contribution is -0.145. The Hall–Kier alpha value is -1.96. The van der Waals surface area contributed by atoms with Crippen LogP contribution in [0.15, 0.2) is 29.7 Å². The number of rotatable bonds is 7. The molecule has 1 heterocycles. The number of carbonyl (C=O) groups is 3. The number of hydrogen-bond donors (Lipinski definition) is 0. The van der Waals surface area contributed by atoms with E-state index >= 15 is 0 Å². The molecule has 0 atom stereocenters. The number of esters is 1. The van der Waals surface area contributed by atoms with Gasteiger partial charge in [0, 0.05) is 6.54 Å². The molecule has 1 fully saturated rings. The number of ether oxygens (including phenoxy) is 2. The van der Waals surface area contributed by atoms with Gasteiger partial charge in [-0.3, -0.25) is 14.5 Å². The molecule has 1 aromatic carbocycles. The minimum atomic E-state index is -0.542. The predicted octanol–water partition coefficient (Wildman–Crippen LogP) is 4.16. The summed E-state index contributed by atoms with van der Waals surface area (Å²) < 4.78 is 10.1. The number of carbonyl (C=O) groups excluding carboxylic acids is 3. The summed E-state index contributed by atoms with van der Waals surface area (Å²) in [4.78, 5) is 36.7. The van der Waals surface area contributed by atoms with Gasteiger partial charge in [-0.25, -0.2) is 4.79 Å². The van der Waals surface area contributed by atoms with Crippen LogP contribution < -0.4 is 4.74 Å². The Balaban J connectivity index is 2.19. The summed E-state index contributed by atoms with van der Waals surface area (Å²) >= 11 is 13.1. The molecular weight excluding hydrogens is 401 g/mol. The third-order valence-corrected chi connectivity index (χ3v) is 4.61. The summed E-state index contributed by atoms with van der Waals surface area (Å²) in [7, 11) is 0. The van der Waals surface area contributed by atoms with Crippen LogP contribution in [-0.4, -0.2) is 41.8 Å². The molecule has 0 spiro atoms. The largest absolute Gasteiger partial charge is 0.479 e. The van der Waals surface area contributed by atoms with E-state index in [4.69, 9.17) is 32.7 Å². The van der Waals surface area contributed by atoms with Gasteiger partial charge in [-0.15, -0.1) is 6.58 Å². The summed E-state index contributed by atoms with van der Waals surface area (Å²) in [5, 5.41) is -0.0375. The van der Waals surface area contributed by atoms with Crippen molar-refractivity contribution in [3.8, 4) is 5.75 Å². The maximum Gasteiger partial charge on any atom is 0.344 e. The molecule has 0 bridgehead atoms. The normalized spacial score (nSPS) is 15.5. The minimum absolute atomic E-state index is 0.137. The van der Waals surface area contributed by atoms with Crippen molar-refractivity contribution in [2.24, 2.45) is 0 Å². The van der Waals surface area contributed by atoms with Crippen LogP contribution in [0.3, 0.4) is 0 Å². The molecular formula is C17H15Cl2NO5S. The number of halogens is 2. The zero-order chi connectivity index (χ0) is 19.3. The first-order valence-electron chi connectivity index (χ1n) is 7.51. The van der Waals surface area contributed by atoms with Gasteiger partial charge in [0.15, 0.2) is 12.4 Å². The Kier molecular flexibility index (Phi) is 7.14. The van der Waals surface area contributed by atoms with Crippen molar-refractivity contribution in [3.63, 3.8) is 0 Å². The van der Waals surface area contributed by atoms with Crippen LogP contribution in [-0.2, 0) is 14.3 Å². The van der Waals surface area contributed by atoms with E-state index in [1.54, 1.807) is 6.92 Å². The SMILES string of the molecule is C=CCN1C(=O)S/C(=C/c2cc(Cl)c(OCC(=O)OCC)c(Cl)c2)C1=O. The van der Waals surface area contributed by atoms with E-state index in [-0.39, 0.29) is 45.7 Å². The molecule has 2 rings (SSSR count). The molecule has 138 valence electrons. The van der Waals surface area contributed by atoms with Crippen molar-refractivity contribution < 1.29 is 23.9 Å². The molecule has 0 N–H and O–H groups in total. The zero-order valence-electron chi connectivity index (χ0n) is 13.8. The van der Waals surface area contributed by atoms with Crippen molar-refractivity contribution >= 4 is 58.2 Å². The molecule has 0 unspecified atom stereocenters. The second-order valence-corrected chi connectivity index (χ2v) is 6.80. The highest BCUT2D eigenvalue weighted by atomic mass is 35.5. The van der Waals surface area contributed by atoms with Crippen molar-refractivity contribution in [2.75, 3.05) is 19.8 Å². The standard InChI is InChI=1S/C17H15Cl2NO5S/c1-3-5-20-16(22)13(26-17(20)23)8-10-6-11(18)15(12(19)7-10)25-9-14(21)24-4-2/h3,6-8H,1,4-5,9H2,2H3/b13-8+. The van der Waals surface area contributed by atoms with E-state index in [1.807, 2.05) is 0 Å². The predicted molar refractivity (Wildman–Crippen MR) is 101 cm³/mol. The highest BCUT2D eigenvalue weighted by Gasteiger charge is 2.34. The van der Waals surface area contributed by atoms with Gasteiger partial charge in [-0.2, -0.15) is 0 Å². The summed E-state index contributed by atoms with van der Waals surface area (Å²) in [6, 6.07) is 3.05. The van der Waals surface area contributed by atoms with Gasteiger partial charge in [0.25, 0.3) is 11.1 Å². The van der Waals surface area contributed by atoms with Gasteiger partial charge in [0.05, 0.1) is 21.6 Å². The molecule has 2 amide bonds. The smallest absolute Gasteiger partial charge is 0.344 e. The fourth-order valence-corrected chi connectivity index (χ4v) is 3.53. The molecule has 6 nitrogen and oxygen atoms in total. The topological polar surface area (TPSA) is 72.9 Å². The number of thioether (sulfide) groups is 1. The molecule has 0 aromatic heterocycles. The molecule has 26 heavy (non-hydrogen) atoms. The third-order valence-electron chi connectivity index (χ3n) is 3.14. The molecule has 0 saturated carbocycles. The first-order chi connectivity index (χ1) is 12.4. The van der Waals surface area contributed by atoms with Gasteiger partial charge < -0.3 is 9.47 Å². The Morgan fingerprint density at radius 3 is 2.54 bits per heavy atom. The first kappa shape index (κ1) is 20.4. The van der Waals surface area contributed by atoms with Crippen LogP contribution in [0.1, 0.15) is 12.5 Å². The van der Waals surface area contributed by atoms with Gasteiger partial charge in [-0.1, -0.05) is 29.3 Å². The lowest BCUT2D eigenvalue weighted by Gasteiger charge is -2.10. The second kappa shape index (κ2) is 9.12. The van der Waals surface area contributed by atoms with Crippen LogP contribution in [0.4, 0.5) is 4.79 Å². The van der Waals surface area contributed by atoms with Gasteiger partial charge in [0.2, 0.25) is 0 Å². The van der Waals surface area contributed by atoms with Crippen LogP contribution in [0.2, 0.25) is 10.0 Å². The van der Waals surface area contributed by atoms with E-state index in [0.29, 0.717) is 5.56 Å². The van der Waals surface area contributed by atoms with Crippen LogP contribution in [0.25, 0.3) is 6.08 Å². The fourth-order valence-electron chi connectivity index (χ4n) is 2.07. The Morgan fingerprint density at radius 2 is 1.96 bits per heavy atom. The molecule has 1 aliphatic heterocycles. The summed E-state index contributed by atoms with van der Waals surface area (Å²) in [6.07, 6.45) is 2.99. The molecule has 1 saturated heterocycles. The van der Waals surface area contributed by atoms with Gasteiger partial charge >= 0.3 is 5.97 Å². The molecule has 1 aromatic rings. The van der Waals surface area contributed by atoms with Gasteiger partial charge in [0.1, 0.15) is 0 Å². The zero-order valence-corrected chi connectivity index (χ0v) is 16.1. The summed E-state index contributed by atoms with van der Waals surface area (Å²) in [6.45, 7) is 5.26.